The van der Waals surface area contributed by atoms with E-state index in [9.17, 15) is 14.4 Å². The van der Waals surface area contributed by atoms with Gasteiger partial charge in [-0.2, -0.15) is 4.98 Å². The van der Waals surface area contributed by atoms with Gasteiger partial charge in [0.25, 0.3) is 0 Å². The van der Waals surface area contributed by atoms with E-state index < -0.39 is 36.1 Å². The van der Waals surface area contributed by atoms with Gasteiger partial charge in [0.1, 0.15) is 31.4 Å². The van der Waals surface area contributed by atoms with Gasteiger partial charge in [0.05, 0.1) is 0 Å². The van der Waals surface area contributed by atoms with E-state index in [1.165, 1.54) is 20.2 Å². The highest BCUT2D eigenvalue weighted by Crippen LogP contribution is 2.30. The van der Waals surface area contributed by atoms with Crippen molar-refractivity contribution in [3.05, 3.63) is 16.8 Å². The number of nitrogen functional groups attached to an aromatic ring is 1. The number of hydrogen-bond acceptors (Lipinski definition) is 9. The van der Waals surface area contributed by atoms with Crippen LogP contribution in [0.3, 0.4) is 0 Å². The van der Waals surface area contributed by atoms with E-state index in [4.69, 9.17) is 19.9 Å². The zero-order valence-electron chi connectivity index (χ0n) is 12.1. The van der Waals surface area contributed by atoms with Gasteiger partial charge in [-0.3, -0.25) is 14.2 Å². The van der Waals surface area contributed by atoms with E-state index in [2.05, 4.69) is 9.97 Å². The number of hydrogen-bond donors (Lipinski definition) is 1. The molecule has 1 fully saturated rings. The first-order chi connectivity index (χ1) is 10.4. The number of anilines is 1. The van der Waals surface area contributed by atoms with E-state index in [1.807, 2.05) is 0 Å². The van der Waals surface area contributed by atoms with Crippen molar-refractivity contribution < 1.29 is 23.8 Å². The van der Waals surface area contributed by atoms with Crippen molar-refractivity contribution in [3.63, 3.8) is 0 Å². The van der Waals surface area contributed by atoms with Gasteiger partial charge in [-0.25, -0.2) is 9.78 Å². The highest BCUT2D eigenvalue weighted by atomic mass is 16.6. The van der Waals surface area contributed by atoms with E-state index in [1.54, 1.807) is 0 Å². The second kappa shape index (κ2) is 6.52. The van der Waals surface area contributed by atoms with Gasteiger partial charge in [0.2, 0.25) is 5.95 Å². The zero-order valence-corrected chi connectivity index (χ0v) is 12.1. The summed E-state index contributed by atoms with van der Waals surface area (Å²) < 4.78 is 16.8. The molecule has 2 heterocycles. The number of rotatable bonds is 4. The van der Waals surface area contributed by atoms with Crippen molar-refractivity contribution in [3.8, 4) is 0 Å². The molecule has 10 nitrogen and oxygen atoms in total. The molecule has 0 radical (unpaired) electrons. The summed E-state index contributed by atoms with van der Waals surface area (Å²) in [5.74, 6) is -1.13. The maximum atomic E-state index is 11.8. The van der Waals surface area contributed by atoms with Crippen LogP contribution in [-0.2, 0) is 23.8 Å². The molecule has 0 spiro atoms. The third-order valence-corrected chi connectivity index (χ3v) is 3.00. The average Bonchev–Trinajstić information content (AvgIpc) is 2.78. The fraction of sp³-hybridized carbons (Fsp3) is 0.583. The van der Waals surface area contributed by atoms with Gasteiger partial charge in [0.15, 0.2) is 0 Å². The van der Waals surface area contributed by atoms with Gasteiger partial charge >= 0.3 is 17.6 Å². The van der Waals surface area contributed by atoms with Crippen molar-refractivity contribution in [2.45, 2.75) is 38.7 Å². The van der Waals surface area contributed by atoms with Gasteiger partial charge in [-0.15, -0.1) is 0 Å². The van der Waals surface area contributed by atoms with Crippen LogP contribution in [0, 0.1) is 0 Å². The average molecular weight is 312 g/mol. The third kappa shape index (κ3) is 3.79. The predicted molar refractivity (Wildman–Crippen MR) is 71.4 cm³/mol. The number of nitrogens with zero attached hydrogens (tertiary/aromatic N) is 3. The Bertz CT molecular complexity index is 630. The first-order valence-corrected chi connectivity index (χ1v) is 6.53. The van der Waals surface area contributed by atoms with Crippen molar-refractivity contribution in [2.24, 2.45) is 0 Å². The maximum Gasteiger partial charge on any atom is 0.354 e. The lowest BCUT2D eigenvalue weighted by atomic mass is 10.2. The Balaban J connectivity index is 2.15. The van der Waals surface area contributed by atoms with Crippen LogP contribution in [0.2, 0.25) is 0 Å². The second-order valence-corrected chi connectivity index (χ2v) is 4.72. The van der Waals surface area contributed by atoms with E-state index in [0.29, 0.717) is 0 Å². The molecule has 0 aromatic carbocycles. The number of ether oxygens (including phenoxy) is 3. The van der Waals surface area contributed by atoms with Crippen molar-refractivity contribution >= 4 is 17.9 Å². The molecule has 0 unspecified atom stereocenters. The van der Waals surface area contributed by atoms with Gasteiger partial charge in [-0.1, -0.05) is 0 Å². The molecule has 1 saturated heterocycles. The Labute approximate surface area is 125 Å². The lowest BCUT2D eigenvalue weighted by Crippen LogP contribution is -2.31. The summed E-state index contributed by atoms with van der Waals surface area (Å²) in [7, 11) is 0. The van der Waals surface area contributed by atoms with Crippen molar-refractivity contribution in [2.75, 3.05) is 12.3 Å². The normalized spacial score (nSPS) is 24.0. The van der Waals surface area contributed by atoms with Crippen LogP contribution in [0.15, 0.2) is 11.1 Å². The lowest BCUT2D eigenvalue weighted by molar-refractivity contribution is -0.155. The minimum absolute atomic E-state index is 0.0889. The number of aromatic nitrogens is 3. The van der Waals surface area contributed by atoms with Crippen LogP contribution < -0.4 is 11.4 Å². The predicted octanol–water partition coefficient (Wildman–Crippen LogP) is -0.997. The highest BCUT2D eigenvalue weighted by Gasteiger charge is 2.39. The van der Waals surface area contributed by atoms with Crippen molar-refractivity contribution in [1.82, 2.24) is 14.5 Å². The third-order valence-electron chi connectivity index (χ3n) is 3.00. The van der Waals surface area contributed by atoms with Gasteiger partial charge < -0.3 is 19.9 Å². The number of carbonyl (C=O) groups is 2. The molecule has 1 aromatic heterocycles. The molecule has 3 atom stereocenters. The number of carbonyl (C=O) groups excluding carboxylic acids is 2. The number of nitrogens with two attached hydrogens (primary N) is 1. The molecule has 2 rings (SSSR count). The molecule has 120 valence electrons. The lowest BCUT2D eigenvalue weighted by Gasteiger charge is -2.17. The fourth-order valence-corrected chi connectivity index (χ4v) is 2.11. The summed E-state index contributed by atoms with van der Waals surface area (Å²) in [4.78, 5) is 41.1. The smallest absolute Gasteiger partial charge is 0.354 e. The molecule has 1 aliphatic rings. The molecule has 10 heteroatoms. The molecule has 0 saturated carbocycles. The van der Waals surface area contributed by atoms with Gasteiger partial charge in [-0.05, 0) is 0 Å². The molecule has 1 aliphatic heterocycles. The van der Waals surface area contributed by atoms with Crippen LogP contribution in [0.4, 0.5) is 5.95 Å². The summed E-state index contributed by atoms with van der Waals surface area (Å²) in [5.41, 5.74) is 4.69. The Kier molecular flexibility index (Phi) is 4.71. The van der Waals surface area contributed by atoms with Crippen LogP contribution >= 0.6 is 0 Å². The number of esters is 2. The Hall–Kier alpha value is -2.49. The van der Waals surface area contributed by atoms with E-state index in [0.717, 1.165) is 4.57 Å². The fourth-order valence-electron chi connectivity index (χ4n) is 2.11. The molecule has 1 aromatic rings. The monoisotopic (exact) mass is 312 g/mol. The summed E-state index contributed by atoms with van der Waals surface area (Å²) in [6, 6.07) is 0. The van der Waals surface area contributed by atoms with Crippen molar-refractivity contribution in [1.29, 1.82) is 0 Å². The van der Waals surface area contributed by atoms with Crippen LogP contribution in [0.1, 0.15) is 26.5 Å². The Morgan fingerprint density at radius 3 is 2.77 bits per heavy atom. The quantitative estimate of drug-likeness (QED) is 0.694. The molecule has 0 bridgehead atoms. The molecule has 2 N–H and O–H groups in total. The highest BCUT2D eigenvalue weighted by molar-refractivity contribution is 5.66. The summed E-state index contributed by atoms with van der Waals surface area (Å²) in [5, 5.41) is 0. The minimum atomic E-state index is -0.738. The Morgan fingerprint density at radius 1 is 1.45 bits per heavy atom. The molecule has 22 heavy (non-hydrogen) atoms. The van der Waals surface area contributed by atoms with E-state index in [-0.39, 0.29) is 19.0 Å². The largest absolute Gasteiger partial charge is 0.463 e. The van der Waals surface area contributed by atoms with E-state index >= 15 is 0 Å². The van der Waals surface area contributed by atoms with Gasteiger partial charge in [0, 0.05) is 20.3 Å². The molecular weight excluding hydrogens is 296 g/mol. The zero-order chi connectivity index (χ0) is 16.3. The second-order valence-electron chi connectivity index (χ2n) is 4.72. The van der Waals surface area contributed by atoms with Crippen LogP contribution in [0.25, 0.3) is 0 Å². The topological polar surface area (TPSA) is 136 Å². The summed E-state index contributed by atoms with van der Waals surface area (Å²) in [6.45, 7) is 2.43. The minimum Gasteiger partial charge on any atom is -0.463 e. The maximum absolute atomic E-state index is 11.8. The summed E-state index contributed by atoms with van der Waals surface area (Å²) in [6.07, 6.45) is -0.654. The first-order valence-electron chi connectivity index (χ1n) is 6.53. The Morgan fingerprint density at radius 2 is 2.18 bits per heavy atom. The molecule has 0 aliphatic carbocycles. The van der Waals surface area contributed by atoms with Crippen LogP contribution in [-0.4, -0.2) is 45.3 Å². The summed E-state index contributed by atoms with van der Waals surface area (Å²) >= 11 is 0. The van der Waals surface area contributed by atoms with Crippen LogP contribution in [0.5, 0.6) is 0 Å². The standard InChI is InChI=1S/C12H16N4O6/c1-6(17)20-4-9-8(21-7(2)18)3-10(22-9)16-5-14-11(13)15-12(16)19/h5,8-10H,3-4H2,1-2H3,(H2,13,15,19)/t8-,9-,10-/m1/s1. The first kappa shape index (κ1) is 15.9. The SMILES string of the molecule is CC(=O)OC[C@H]1O[C@@H](n2cnc(N)nc2=O)C[C@H]1OC(C)=O. The molecular formula is C12H16N4O6. The molecule has 0 amide bonds.